The Morgan fingerprint density at radius 2 is 1.69 bits per heavy atom. The van der Waals surface area contributed by atoms with Gasteiger partial charge in [-0.1, -0.05) is 68.8 Å². The molecule has 0 aliphatic rings. The van der Waals surface area contributed by atoms with E-state index in [0.29, 0.717) is 34.2 Å². The first-order valence-corrected chi connectivity index (χ1v) is 17.1. The van der Waals surface area contributed by atoms with Gasteiger partial charge in [0.05, 0.1) is 23.7 Å². The van der Waals surface area contributed by atoms with Crippen LogP contribution in [0, 0.1) is 13.8 Å². The second kappa shape index (κ2) is 16.2. The lowest BCUT2D eigenvalue weighted by molar-refractivity contribution is 0.0963. The highest BCUT2D eigenvalue weighted by Crippen LogP contribution is 2.29. The van der Waals surface area contributed by atoms with Crippen molar-refractivity contribution in [1.29, 1.82) is 0 Å². The van der Waals surface area contributed by atoms with Gasteiger partial charge in [0.15, 0.2) is 0 Å². The van der Waals surface area contributed by atoms with Crippen LogP contribution in [0.3, 0.4) is 0 Å². The van der Waals surface area contributed by atoms with Crippen molar-refractivity contribution in [2.45, 2.75) is 53.2 Å². The fourth-order valence-electron chi connectivity index (χ4n) is 5.49. The molecule has 4 N–H and O–H groups in total. The molecule has 272 valence electrons. The average Bonchev–Trinajstić information content (AvgIpc) is 3.56. The molecule has 12 nitrogen and oxygen atoms in total. The summed E-state index contributed by atoms with van der Waals surface area (Å²) < 4.78 is 14.8. The van der Waals surface area contributed by atoms with Crippen LogP contribution in [0.15, 0.2) is 83.7 Å². The van der Waals surface area contributed by atoms with Crippen LogP contribution in [0.25, 0.3) is 11.4 Å². The van der Waals surface area contributed by atoms with Crippen molar-refractivity contribution in [2.75, 3.05) is 25.6 Å². The number of hydrogen-bond donors (Lipinski definition) is 4. The van der Waals surface area contributed by atoms with Gasteiger partial charge in [0.1, 0.15) is 35.6 Å². The summed E-state index contributed by atoms with van der Waals surface area (Å²) in [5.41, 5.74) is 4.62. The molecule has 2 aromatic heterocycles. The lowest BCUT2D eigenvalue weighted by Crippen LogP contribution is -2.29. The maximum Gasteiger partial charge on any atom is 0.320 e. The van der Waals surface area contributed by atoms with Crippen LogP contribution in [0.1, 0.15) is 59.2 Å². The number of hydrogen-bond acceptors (Lipinski definition) is 7. The number of nitrogens with one attached hydrogen (secondary N) is 3. The van der Waals surface area contributed by atoms with Crippen molar-refractivity contribution < 1.29 is 24.2 Å². The van der Waals surface area contributed by atoms with Gasteiger partial charge in [-0.05, 0) is 54.8 Å². The summed E-state index contributed by atoms with van der Waals surface area (Å²) in [5, 5.41) is 22.3. The number of halogens is 1. The number of aryl methyl sites for hydroxylation is 2. The third-order valence-electron chi connectivity index (χ3n) is 8.32. The maximum atomic E-state index is 13.5. The number of rotatable bonds is 12. The standard InChI is InChI=1S/C39H43ClN6O6/c1-24-14-15-26(36(48)41-6)19-31(24)45-25(2)18-32(35(40)37(45)49)52-23-28-11-8-7-10-27(28)22-42-38(50)43-34-21-33(39(3,4)5)44-46(34)29-12-9-13-30(20-29)51-17-16-47/h7-15,18-21,47H,16-17,22-23H2,1-6H3,(H,41,48)(H2,42,43,50). The predicted molar refractivity (Wildman–Crippen MR) is 201 cm³/mol. The van der Waals surface area contributed by atoms with Gasteiger partial charge in [-0.2, -0.15) is 5.10 Å². The molecule has 0 aliphatic carbocycles. The number of aromatic nitrogens is 3. The number of aliphatic hydroxyl groups excluding tert-OH is 1. The van der Waals surface area contributed by atoms with Crippen molar-refractivity contribution >= 4 is 29.4 Å². The number of benzene rings is 3. The number of amides is 3. The zero-order chi connectivity index (χ0) is 37.6. The van der Waals surface area contributed by atoms with E-state index in [1.165, 1.54) is 4.57 Å². The minimum absolute atomic E-state index is 0.0870. The third kappa shape index (κ3) is 8.64. The van der Waals surface area contributed by atoms with Gasteiger partial charge in [-0.25, -0.2) is 9.48 Å². The van der Waals surface area contributed by atoms with Gasteiger partial charge in [-0.15, -0.1) is 0 Å². The molecular formula is C39H43ClN6O6. The fraction of sp³-hybridized carbons (Fsp3) is 0.282. The molecule has 0 atom stereocenters. The second-order valence-electron chi connectivity index (χ2n) is 13.2. The fourth-order valence-corrected chi connectivity index (χ4v) is 5.68. The van der Waals surface area contributed by atoms with Gasteiger partial charge in [0, 0.05) is 48.5 Å². The molecule has 13 heteroatoms. The highest BCUT2D eigenvalue weighted by Gasteiger charge is 2.22. The van der Waals surface area contributed by atoms with Crippen LogP contribution in [0.2, 0.25) is 5.02 Å². The monoisotopic (exact) mass is 726 g/mol. The number of urea groups is 1. The SMILES string of the molecule is CNC(=O)c1ccc(C)c(-n2c(C)cc(OCc3ccccc3CNC(=O)Nc3cc(C(C)(C)C)nn3-c3cccc(OCCO)c3)c(Cl)c2=O)c1. The highest BCUT2D eigenvalue weighted by molar-refractivity contribution is 6.31. The summed E-state index contributed by atoms with van der Waals surface area (Å²) in [6, 6.07) is 22.9. The van der Waals surface area contributed by atoms with Gasteiger partial charge in [0.2, 0.25) is 0 Å². The van der Waals surface area contributed by atoms with Crippen molar-refractivity contribution in [2.24, 2.45) is 0 Å². The molecule has 3 aromatic carbocycles. The number of anilines is 1. The van der Waals surface area contributed by atoms with Crippen LogP contribution >= 0.6 is 11.6 Å². The Bertz CT molecular complexity index is 2150. The van der Waals surface area contributed by atoms with E-state index in [1.807, 2.05) is 70.2 Å². The Balaban J connectivity index is 1.31. The Hall–Kier alpha value is -5.59. The van der Waals surface area contributed by atoms with E-state index < -0.39 is 11.6 Å². The van der Waals surface area contributed by atoms with Crippen molar-refractivity contribution in [3.63, 3.8) is 0 Å². The van der Waals surface area contributed by atoms with E-state index in [-0.39, 0.29) is 48.5 Å². The quantitative estimate of drug-likeness (QED) is 0.119. The molecule has 52 heavy (non-hydrogen) atoms. The molecule has 0 saturated carbocycles. The molecule has 3 amide bonds. The second-order valence-corrected chi connectivity index (χ2v) is 13.6. The van der Waals surface area contributed by atoms with Gasteiger partial charge < -0.3 is 25.2 Å². The molecule has 0 spiro atoms. The molecule has 5 rings (SSSR count). The molecule has 0 fully saturated rings. The number of nitrogens with zero attached hydrogens (tertiary/aromatic N) is 3. The summed E-state index contributed by atoms with van der Waals surface area (Å²) >= 11 is 6.58. The Morgan fingerprint density at radius 1 is 0.942 bits per heavy atom. The van der Waals surface area contributed by atoms with E-state index in [0.717, 1.165) is 22.4 Å². The van der Waals surface area contributed by atoms with Crippen LogP contribution in [0.4, 0.5) is 10.6 Å². The van der Waals surface area contributed by atoms with Crippen LogP contribution in [0.5, 0.6) is 11.5 Å². The Labute approximate surface area is 307 Å². The number of ether oxygens (including phenoxy) is 2. The first-order chi connectivity index (χ1) is 24.8. The van der Waals surface area contributed by atoms with Crippen molar-refractivity contribution in [3.05, 3.63) is 128 Å². The molecule has 0 bridgehead atoms. The third-order valence-corrected chi connectivity index (χ3v) is 8.67. The van der Waals surface area contributed by atoms with Gasteiger partial charge in [0.25, 0.3) is 11.5 Å². The normalized spacial score (nSPS) is 11.2. The molecule has 0 saturated heterocycles. The van der Waals surface area contributed by atoms with Gasteiger partial charge >= 0.3 is 6.03 Å². The molecule has 5 aromatic rings. The van der Waals surface area contributed by atoms with Gasteiger partial charge in [-0.3, -0.25) is 19.5 Å². The van der Waals surface area contributed by atoms with Crippen molar-refractivity contribution in [3.8, 4) is 22.9 Å². The number of carbonyl (C=O) groups is 2. The van der Waals surface area contributed by atoms with Crippen molar-refractivity contribution in [1.82, 2.24) is 25.0 Å². The largest absolute Gasteiger partial charge is 0.491 e. The van der Waals surface area contributed by atoms with E-state index in [2.05, 4.69) is 16.0 Å². The predicted octanol–water partition coefficient (Wildman–Crippen LogP) is 6.22. The lowest BCUT2D eigenvalue weighted by atomic mass is 9.92. The smallest absolute Gasteiger partial charge is 0.320 e. The summed E-state index contributed by atoms with van der Waals surface area (Å²) in [6.07, 6.45) is 0. The van der Waals surface area contributed by atoms with Crippen LogP contribution < -0.4 is 31.0 Å². The molecule has 2 heterocycles. The number of pyridine rings is 1. The van der Waals surface area contributed by atoms with E-state index in [1.54, 1.807) is 55.1 Å². The minimum Gasteiger partial charge on any atom is -0.491 e. The first-order valence-electron chi connectivity index (χ1n) is 16.7. The Morgan fingerprint density at radius 3 is 2.40 bits per heavy atom. The molecular weight excluding hydrogens is 684 g/mol. The molecule has 0 unspecified atom stereocenters. The topological polar surface area (TPSA) is 149 Å². The summed E-state index contributed by atoms with van der Waals surface area (Å²) in [6.45, 7) is 10.1. The zero-order valence-electron chi connectivity index (χ0n) is 30.0. The number of aliphatic hydroxyl groups is 1. The van der Waals surface area contributed by atoms with E-state index in [4.69, 9.17) is 31.3 Å². The minimum atomic E-state index is -0.473. The maximum absolute atomic E-state index is 13.5. The van der Waals surface area contributed by atoms with E-state index >= 15 is 0 Å². The molecule has 0 aliphatic heterocycles. The van der Waals surface area contributed by atoms with Crippen LogP contribution in [-0.2, 0) is 18.6 Å². The average molecular weight is 727 g/mol. The van der Waals surface area contributed by atoms with E-state index in [9.17, 15) is 14.4 Å². The first kappa shape index (κ1) is 37.7. The van der Waals surface area contributed by atoms with Crippen LogP contribution in [-0.4, -0.2) is 51.7 Å². The number of carbonyl (C=O) groups excluding carboxylic acids is 2. The summed E-state index contributed by atoms with van der Waals surface area (Å²) in [7, 11) is 1.55. The Kier molecular flexibility index (Phi) is 11.7. The lowest BCUT2D eigenvalue weighted by Gasteiger charge is -2.17. The molecule has 0 radical (unpaired) electrons. The summed E-state index contributed by atoms with van der Waals surface area (Å²) in [4.78, 5) is 39.1. The highest BCUT2D eigenvalue weighted by atomic mass is 35.5. The summed E-state index contributed by atoms with van der Waals surface area (Å²) in [5.74, 6) is 0.981. The zero-order valence-corrected chi connectivity index (χ0v) is 30.8.